The summed E-state index contributed by atoms with van der Waals surface area (Å²) in [5.41, 5.74) is 0.957. The van der Waals surface area contributed by atoms with E-state index in [0.717, 1.165) is 5.56 Å². The molecule has 1 N–H and O–H groups in total. The molecule has 1 unspecified atom stereocenters. The fourth-order valence-corrected chi connectivity index (χ4v) is 2.79. The monoisotopic (exact) mass is 251 g/mol. The van der Waals surface area contributed by atoms with Crippen LogP contribution in [0.3, 0.4) is 0 Å². The number of carbonyl (C=O) groups is 2. The average molecular weight is 251 g/mol. The summed E-state index contributed by atoms with van der Waals surface area (Å²) in [6, 6.07) is 8.75. The summed E-state index contributed by atoms with van der Waals surface area (Å²) in [6.07, 6.45) is 0. The molecule has 1 saturated heterocycles. The smallest absolute Gasteiger partial charge is 0.327 e. The molecule has 0 bridgehead atoms. The van der Waals surface area contributed by atoms with Gasteiger partial charge in [-0.25, -0.2) is 4.79 Å². The Morgan fingerprint density at radius 3 is 2.76 bits per heavy atom. The first-order valence-electron chi connectivity index (χ1n) is 5.32. The predicted molar refractivity (Wildman–Crippen MR) is 65.7 cm³/mol. The standard InChI is InChI=1S/C12H13NO3S/c14-11-8-17-7-10(12(15)16)13(11)6-9-4-2-1-3-5-9/h1-5,10H,6-8H2,(H,15,16). The molecule has 5 heteroatoms. The Balaban J connectivity index is 2.15. The number of hydrogen-bond donors (Lipinski definition) is 1. The van der Waals surface area contributed by atoms with E-state index in [1.54, 1.807) is 0 Å². The molecule has 1 aliphatic heterocycles. The molecule has 1 fully saturated rings. The van der Waals surface area contributed by atoms with Gasteiger partial charge in [-0.05, 0) is 5.56 Å². The Labute approximate surface area is 104 Å². The van der Waals surface area contributed by atoms with Crippen LogP contribution in [0.25, 0.3) is 0 Å². The minimum atomic E-state index is -0.929. The second kappa shape index (κ2) is 5.23. The number of carboxylic acid groups (broad SMARTS) is 1. The Hall–Kier alpha value is -1.49. The molecule has 0 spiro atoms. The van der Waals surface area contributed by atoms with Crippen molar-refractivity contribution in [3.8, 4) is 0 Å². The maximum absolute atomic E-state index is 11.8. The number of rotatable bonds is 3. The second-order valence-electron chi connectivity index (χ2n) is 3.88. The molecule has 90 valence electrons. The largest absolute Gasteiger partial charge is 0.480 e. The molecule has 4 nitrogen and oxygen atoms in total. The highest BCUT2D eigenvalue weighted by Gasteiger charge is 2.33. The van der Waals surface area contributed by atoms with Crippen LogP contribution in [-0.2, 0) is 16.1 Å². The van der Waals surface area contributed by atoms with Crippen LogP contribution in [0.1, 0.15) is 5.56 Å². The van der Waals surface area contributed by atoms with Gasteiger partial charge in [-0.15, -0.1) is 11.8 Å². The summed E-state index contributed by atoms with van der Waals surface area (Å²) in [5.74, 6) is -0.191. The van der Waals surface area contributed by atoms with E-state index >= 15 is 0 Å². The van der Waals surface area contributed by atoms with Crippen molar-refractivity contribution < 1.29 is 14.7 Å². The number of carbonyl (C=O) groups excluding carboxylic acids is 1. The number of amides is 1. The van der Waals surface area contributed by atoms with Crippen molar-refractivity contribution in [3.63, 3.8) is 0 Å². The number of carboxylic acids is 1. The highest BCUT2D eigenvalue weighted by atomic mass is 32.2. The molecule has 1 amide bonds. The van der Waals surface area contributed by atoms with Crippen LogP contribution in [0.5, 0.6) is 0 Å². The molecule has 0 aromatic heterocycles. The Bertz CT molecular complexity index is 421. The number of aliphatic carboxylic acids is 1. The zero-order valence-corrected chi connectivity index (χ0v) is 10.0. The fraction of sp³-hybridized carbons (Fsp3) is 0.333. The van der Waals surface area contributed by atoms with Gasteiger partial charge in [0.1, 0.15) is 6.04 Å². The van der Waals surface area contributed by atoms with Crippen LogP contribution in [-0.4, -0.2) is 39.4 Å². The SMILES string of the molecule is O=C(O)C1CSCC(=O)N1Cc1ccccc1. The summed E-state index contributed by atoms with van der Waals surface area (Å²) in [5, 5.41) is 9.10. The molecular formula is C12H13NO3S. The van der Waals surface area contributed by atoms with Crippen molar-refractivity contribution in [2.24, 2.45) is 0 Å². The highest BCUT2D eigenvalue weighted by Crippen LogP contribution is 2.20. The third kappa shape index (κ3) is 2.79. The summed E-state index contributed by atoms with van der Waals surface area (Å²) in [6.45, 7) is 0.372. The zero-order valence-electron chi connectivity index (χ0n) is 9.20. The van der Waals surface area contributed by atoms with Gasteiger partial charge in [0.15, 0.2) is 0 Å². The van der Waals surface area contributed by atoms with E-state index in [2.05, 4.69) is 0 Å². The molecule has 0 radical (unpaired) electrons. The first kappa shape index (κ1) is 12.0. The minimum Gasteiger partial charge on any atom is -0.480 e. The molecule has 0 saturated carbocycles. The van der Waals surface area contributed by atoms with E-state index in [4.69, 9.17) is 5.11 Å². The van der Waals surface area contributed by atoms with Gasteiger partial charge >= 0.3 is 5.97 Å². The molecule has 1 aliphatic rings. The number of benzene rings is 1. The van der Waals surface area contributed by atoms with Gasteiger partial charge in [-0.1, -0.05) is 30.3 Å². The highest BCUT2D eigenvalue weighted by molar-refractivity contribution is 8.00. The van der Waals surface area contributed by atoms with Gasteiger partial charge in [0.25, 0.3) is 0 Å². The Kier molecular flexibility index (Phi) is 3.68. The first-order valence-corrected chi connectivity index (χ1v) is 6.48. The molecule has 1 aromatic carbocycles. The van der Waals surface area contributed by atoms with E-state index in [9.17, 15) is 9.59 Å². The molecule has 17 heavy (non-hydrogen) atoms. The van der Waals surface area contributed by atoms with Crippen LogP contribution in [0.2, 0.25) is 0 Å². The van der Waals surface area contributed by atoms with Gasteiger partial charge in [0.2, 0.25) is 5.91 Å². The lowest BCUT2D eigenvalue weighted by Crippen LogP contribution is -2.50. The van der Waals surface area contributed by atoms with Crippen molar-refractivity contribution in [2.75, 3.05) is 11.5 Å². The van der Waals surface area contributed by atoms with Crippen LogP contribution >= 0.6 is 11.8 Å². The van der Waals surface area contributed by atoms with Crippen molar-refractivity contribution in [1.82, 2.24) is 4.90 Å². The van der Waals surface area contributed by atoms with E-state index in [1.165, 1.54) is 16.7 Å². The lowest BCUT2D eigenvalue weighted by atomic mass is 10.2. The Morgan fingerprint density at radius 1 is 1.41 bits per heavy atom. The van der Waals surface area contributed by atoms with Gasteiger partial charge in [0, 0.05) is 12.3 Å². The average Bonchev–Trinajstić information content (AvgIpc) is 2.33. The lowest BCUT2D eigenvalue weighted by Gasteiger charge is -2.32. The van der Waals surface area contributed by atoms with E-state index < -0.39 is 12.0 Å². The first-order chi connectivity index (χ1) is 8.18. The van der Waals surface area contributed by atoms with E-state index in [1.807, 2.05) is 30.3 Å². The van der Waals surface area contributed by atoms with E-state index in [-0.39, 0.29) is 5.91 Å². The van der Waals surface area contributed by atoms with Crippen molar-refractivity contribution in [1.29, 1.82) is 0 Å². The van der Waals surface area contributed by atoms with Crippen molar-refractivity contribution in [2.45, 2.75) is 12.6 Å². The predicted octanol–water partition coefficient (Wildman–Crippen LogP) is 1.22. The van der Waals surface area contributed by atoms with Crippen LogP contribution in [0.4, 0.5) is 0 Å². The fourth-order valence-electron chi connectivity index (χ4n) is 1.79. The summed E-state index contributed by atoms with van der Waals surface area (Å²) in [7, 11) is 0. The molecule has 1 aromatic rings. The zero-order chi connectivity index (χ0) is 12.3. The van der Waals surface area contributed by atoms with Crippen LogP contribution < -0.4 is 0 Å². The summed E-state index contributed by atoms with van der Waals surface area (Å²) in [4.78, 5) is 24.3. The third-order valence-corrected chi connectivity index (χ3v) is 3.68. The van der Waals surface area contributed by atoms with Gasteiger partial charge < -0.3 is 10.0 Å². The van der Waals surface area contributed by atoms with E-state index in [0.29, 0.717) is 18.1 Å². The normalized spacial score (nSPS) is 20.4. The topological polar surface area (TPSA) is 57.6 Å². The molecule has 0 aliphatic carbocycles. The number of thioether (sulfide) groups is 1. The number of hydrogen-bond acceptors (Lipinski definition) is 3. The van der Waals surface area contributed by atoms with Gasteiger partial charge in [0.05, 0.1) is 5.75 Å². The molecule has 2 rings (SSSR count). The molecule has 1 heterocycles. The third-order valence-electron chi connectivity index (χ3n) is 2.68. The lowest BCUT2D eigenvalue weighted by molar-refractivity contribution is -0.149. The van der Waals surface area contributed by atoms with Crippen LogP contribution in [0.15, 0.2) is 30.3 Å². The molecular weight excluding hydrogens is 238 g/mol. The Morgan fingerprint density at radius 2 is 2.12 bits per heavy atom. The van der Waals surface area contributed by atoms with Gasteiger partial charge in [-0.2, -0.15) is 0 Å². The molecule has 1 atom stereocenters. The summed E-state index contributed by atoms with van der Waals surface area (Å²) >= 11 is 1.38. The quantitative estimate of drug-likeness (QED) is 0.877. The minimum absolute atomic E-state index is 0.0995. The van der Waals surface area contributed by atoms with Crippen molar-refractivity contribution in [3.05, 3.63) is 35.9 Å². The maximum atomic E-state index is 11.8. The van der Waals surface area contributed by atoms with Crippen molar-refractivity contribution >= 4 is 23.6 Å². The number of nitrogens with zero attached hydrogens (tertiary/aromatic N) is 1. The van der Waals surface area contributed by atoms with Crippen LogP contribution in [0, 0.1) is 0 Å². The second-order valence-corrected chi connectivity index (χ2v) is 4.91. The summed E-state index contributed by atoms with van der Waals surface area (Å²) < 4.78 is 0. The maximum Gasteiger partial charge on any atom is 0.327 e. The van der Waals surface area contributed by atoms with Gasteiger partial charge in [-0.3, -0.25) is 4.79 Å².